The van der Waals surface area contributed by atoms with Crippen molar-refractivity contribution in [2.24, 2.45) is 0 Å². The summed E-state index contributed by atoms with van der Waals surface area (Å²) in [6.45, 7) is 8.49. The number of hydrogen-bond acceptors (Lipinski definition) is 5. The number of epoxide rings is 4. The summed E-state index contributed by atoms with van der Waals surface area (Å²) in [5, 5.41) is 0. The predicted molar refractivity (Wildman–Crippen MR) is 91.5 cm³/mol. The van der Waals surface area contributed by atoms with Crippen LogP contribution in [0.15, 0.2) is 0 Å². The molecule has 0 amide bonds. The predicted octanol–water partition coefficient (Wildman–Crippen LogP) is 1.90. The van der Waals surface area contributed by atoms with E-state index in [-0.39, 0.29) is 6.10 Å². The van der Waals surface area contributed by atoms with Crippen LogP contribution in [-0.2, 0) is 38.2 Å². The molecule has 0 saturated carbocycles. The molecule has 1 aromatic carbocycles. The molecular weight excluding hydrogens is 320 g/mol. The molecule has 4 heterocycles. The van der Waals surface area contributed by atoms with Crippen LogP contribution in [-0.4, -0.2) is 57.5 Å². The third-order valence-corrected chi connectivity index (χ3v) is 5.68. The first-order valence-electron chi connectivity index (χ1n) is 9.42. The van der Waals surface area contributed by atoms with E-state index in [2.05, 4.69) is 13.8 Å². The monoisotopic (exact) mass is 346 g/mol. The van der Waals surface area contributed by atoms with Gasteiger partial charge in [-0.25, -0.2) is 0 Å². The highest BCUT2D eigenvalue weighted by Gasteiger charge is 2.35. The molecule has 0 bridgehead atoms. The number of rotatable bonds is 9. The molecule has 0 spiro atoms. The van der Waals surface area contributed by atoms with Crippen molar-refractivity contribution in [3.05, 3.63) is 27.8 Å². The van der Waals surface area contributed by atoms with Crippen molar-refractivity contribution in [1.29, 1.82) is 0 Å². The molecule has 5 rings (SSSR count). The molecule has 5 heteroatoms. The van der Waals surface area contributed by atoms with Gasteiger partial charge in [0.15, 0.2) is 0 Å². The van der Waals surface area contributed by atoms with Crippen molar-refractivity contribution in [2.45, 2.75) is 57.5 Å². The van der Waals surface area contributed by atoms with Crippen LogP contribution in [0.5, 0.6) is 5.75 Å². The van der Waals surface area contributed by atoms with Gasteiger partial charge >= 0.3 is 0 Å². The maximum absolute atomic E-state index is 6.27. The van der Waals surface area contributed by atoms with Crippen LogP contribution in [0.4, 0.5) is 0 Å². The summed E-state index contributed by atoms with van der Waals surface area (Å²) in [5.74, 6) is 1.06. The molecule has 4 unspecified atom stereocenters. The lowest BCUT2D eigenvalue weighted by Crippen LogP contribution is -2.16. The maximum Gasteiger partial charge on any atom is 0.126 e. The van der Waals surface area contributed by atoms with E-state index in [1.165, 1.54) is 27.8 Å². The molecule has 1 aromatic rings. The standard InChI is InChI=1S/C20H26O5/c1-11-12(2)20(25-10-16-9-24-16)19(5-15-8-23-15)18(4-14-7-22-14)17(11)3-13-6-21-13/h13-16H,3-10H2,1-2H3. The van der Waals surface area contributed by atoms with E-state index >= 15 is 0 Å². The van der Waals surface area contributed by atoms with Gasteiger partial charge in [0.1, 0.15) is 18.5 Å². The van der Waals surface area contributed by atoms with Gasteiger partial charge in [-0.15, -0.1) is 0 Å². The van der Waals surface area contributed by atoms with Crippen LogP contribution < -0.4 is 4.74 Å². The van der Waals surface area contributed by atoms with Gasteiger partial charge in [-0.2, -0.15) is 0 Å². The Balaban J connectivity index is 1.55. The van der Waals surface area contributed by atoms with Gasteiger partial charge in [-0.3, -0.25) is 0 Å². The van der Waals surface area contributed by atoms with Crippen LogP contribution in [0.2, 0.25) is 0 Å². The SMILES string of the molecule is Cc1c(C)c(OCC2CO2)c(CC2CO2)c(CC2CO2)c1CC1CO1. The molecule has 136 valence electrons. The molecule has 4 saturated heterocycles. The minimum atomic E-state index is 0.263. The quantitative estimate of drug-likeness (QED) is 0.639. The Hall–Kier alpha value is -1.14. The Morgan fingerprint density at radius 3 is 1.68 bits per heavy atom. The maximum atomic E-state index is 6.27. The van der Waals surface area contributed by atoms with Gasteiger partial charge < -0.3 is 23.7 Å². The Morgan fingerprint density at radius 1 is 0.680 bits per heavy atom. The summed E-state index contributed by atoms with van der Waals surface area (Å²) in [6.07, 6.45) is 4.25. The summed E-state index contributed by atoms with van der Waals surface area (Å²) < 4.78 is 28.2. The normalized spacial score (nSPS) is 31.8. The van der Waals surface area contributed by atoms with E-state index in [0.29, 0.717) is 24.9 Å². The lowest BCUT2D eigenvalue weighted by Gasteiger charge is -2.23. The zero-order valence-electron chi connectivity index (χ0n) is 15.0. The Kier molecular flexibility index (Phi) is 4.01. The summed E-state index contributed by atoms with van der Waals surface area (Å²) in [7, 11) is 0. The van der Waals surface area contributed by atoms with Crippen molar-refractivity contribution >= 4 is 0 Å². The van der Waals surface area contributed by atoms with Gasteiger partial charge in [0.25, 0.3) is 0 Å². The number of hydrogen-bond donors (Lipinski definition) is 0. The minimum Gasteiger partial charge on any atom is -0.490 e. The van der Waals surface area contributed by atoms with Gasteiger partial charge in [0.2, 0.25) is 0 Å². The van der Waals surface area contributed by atoms with Crippen LogP contribution >= 0.6 is 0 Å². The highest BCUT2D eigenvalue weighted by molar-refractivity contribution is 5.56. The molecule has 4 atom stereocenters. The van der Waals surface area contributed by atoms with E-state index < -0.39 is 0 Å². The second kappa shape index (κ2) is 6.23. The van der Waals surface area contributed by atoms with E-state index in [4.69, 9.17) is 23.7 Å². The Morgan fingerprint density at radius 2 is 1.16 bits per heavy atom. The zero-order chi connectivity index (χ0) is 17.0. The molecular formula is C20H26O5. The minimum absolute atomic E-state index is 0.263. The second-order valence-corrected chi connectivity index (χ2v) is 7.76. The van der Waals surface area contributed by atoms with Crippen molar-refractivity contribution in [2.75, 3.05) is 33.0 Å². The molecule has 0 aliphatic carbocycles. The third kappa shape index (κ3) is 3.70. The smallest absolute Gasteiger partial charge is 0.126 e. The molecule has 4 fully saturated rings. The molecule has 4 aliphatic rings. The highest BCUT2D eigenvalue weighted by atomic mass is 16.6. The van der Waals surface area contributed by atoms with Gasteiger partial charge in [0.05, 0.1) is 44.7 Å². The highest BCUT2D eigenvalue weighted by Crippen LogP contribution is 2.39. The topological polar surface area (TPSA) is 59.4 Å². The van der Waals surface area contributed by atoms with E-state index in [9.17, 15) is 0 Å². The first kappa shape index (κ1) is 16.1. The summed E-state index contributed by atoms with van der Waals surface area (Å²) in [5.41, 5.74) is 6.80. The Bertz CT molecular complexity index is 669. The summed E-state index contributed by atoms with van der Waals surface area (Å²) in [6, 6.07) is 0. The van der Waals surface area contributed by atoms with Gasteiger partial charge in [0, 0.05) is 24.8 Å². The van der Waals surface area contributed by atoms with Crippen molar-refractivity contribution in [1.82, 2.24) is 0 Å². The average molecular weight is 346 g/mol. The lowest BCUT2D eigenvalue weighted by atomic mass is 9.85. The van der Waals surface area contributed by atoms with E-state index in [0.717, 1.165) is 51.4 Å². The largest absolute Gasteiger partial charge is 0.490 e. The fourth-order valence-electron chi connectivity index (χ4n) is 3.68. The van der Waals surface area contributed by atoms with Gasteiger partial charge in [-0.05, 0) is 36.1 Å². The number of benzene rings is 1. The van der Waals surface area contributed by atoms with Crippen molar-refractivity contribution in [3.8, 4) is 5.75 Å². The molecule has 5 nitrogen and oxygen atoms in total. The van der Waals surface area contributed by atoms with Crippen LogP contribution in [0, 0.1) is 13.8 Å². The summed E-state index contributed by atoms with van der Waals surface area (Å²) in [4.78, 5) is 0. The molecule has 25 heavy (non-hydrogen) atoms. The average Bonchev–Trinajstić information content (AvgIpc) is 3.46. The second-order valence-electron chi connectivity index (χ2n) is 7.76. The lowest BCUT2D eigenvalue weighted by molar-refractivity contribution is 0.258. The molecule has 0 aromatic heterocycles. The van der Waals surface area contributed by atoms with Crippen LogP contribution in [0.1, 0.15) is 27.8 Å². The number of ether oxygens (including phenoxy) is 5. The molecule has 0 N–H and O–H groups in total. The first-order chi connectivity index (χ1) is 12.2. The van der Waals surface area contributed by atoms with Crippen molar-refractivity contribution in [3.63, 3.8) is 0 Å². The zero-order valence-corrected chi connectivity index (χ0v) is 15.0. The third-order valence-electron chi connectivity index (χ3n) is 5.68. The van der Waals surface area contributed by atoms with Crippen molar-refractivity contribution < 1.29 is 23.7 Å². The van der Waals surface area contributed by atoms with E-state index in [1.807, 2.05) is 0 Å². The summed E-state index contributed by atoms with van der Waals surface area (Å²) >= 11 is 0. The molecule has 0 radical (unpaired) electrons. The van der Waals surface area contributed by atoms with E-state index in [1.54, 1.807) is 0 Å². The van der Waals surface area contributed by atoms with Gasteiger partial charge in [-0.1, -0.05) is 0 Å². The fourth-order valence-corrected chi connectivity index (χ4v) is 3.68. The fraction of sp³-hybridized carbons (Fsp3) is 0.700. The van der Waals surface area contributed by atoms with Crippen LogP contribution in [0.25, 0.3) is 0 Å². The Labute approximate surface area is 148 Å². The first-order valence-corrected chi connectivity index (χ1v) is 9.42. The van der Waals surface area contributed by atoms with Crippen LogP contribution in [0.3, 0.4) is 0 Å². The molecule has 4 aliphatic heterocycles.